The number of hydrogen-bond donors (Lipinski definition) is 1. The highest BCUT2D eigenvalue weighted by atomic mass is 79.9. The number of sulfone groups is 1. The van der Waals surface area contributed by atoms with Crippen LogP contribution < -0.4 is 5.73 Å². The zero-order valence-electron chi connectivity index (χ0n) is 9.19. The van der Waals surface area contributed by atoms with E-state index in [9.17, 15) is 8.42 Å². The van der Waals surface area contributed by atoms with Crippen LogP contribution in [0.1, 0.15) is 19.3 Å². The Labute approximate surface area is 109 Å². The predicted octanol–water partition coefficient (Wildman–Crippen LogP) is 2.50. The molecular weight excluding hydrogens is 304 g/mol. The summed E-state index contributed by atoms with van der Waals surface area (Å²) in [4.78, 5) is 0.253. The van der Waals surface area contributed by atoms with Crippen molar-refractivity contribution in [2.45, 2.75) is 24.2 Å². The molecule has 2 N–H and O–H groups in total. The quantitative estimate of drug-likeness (QED) is 0.668. The number of hydrogen-bond acceptors (Lipinski definition) is 4. The predicted molar refractivity (Wildman–Crippen MR) is 70.1 cm³/mol. The molecule has 0 aliphatic carbocycles. The van der Waals surface area contributed by atoms with E-state index >= 15 is 0 Å². The first-order valence-corrected chi connectivity index (χ1v) is 7.56. The SMILES string of the molecule is N#CCCCCS(=O)(=O)c1ccc(N)cc1Br. The van der Waals surface area contributed by atoms with Gasteiger partial charge in [-0.05, 0) is 47.0 Å². The van der Waals surface area contributed by atoms with Crippen molar-refractivity contribution < 1.29 is 8.42 Å². The molecule has 6 heteroatoms. The molecule has 0 saturated carbocycles. The molecule has 0 aliphatic heterocycles. The zero-order chi connectivity index (χ0) is 12.9. The molecule has 0 amide bonds. The summed E-state index contributed by atoms with van der Waals surface area (Å²) in [7, 11) is -3.30. The van der Waals surface area contributed by atoms with Gasteiger partial charge in [-0.15, -0.1) is 0 Å². The van der Waals surface area contributed by atoms with Crippen LogP contribution in [0, 0.1) is 11.3 Å². The maximum absolute atomic E-state index is 12.0. The van der Waals surface area contributed by atoms with Crippen LogP contribution in [0.2, 0.25) is 0 Å². The minimum absolute atomic E-state index is 0.0528. The molecule has 0 saturated heterocycles. The summed E-state index contributed by atoms with van der Waals surface area (Å²) < 4.78 is 24.4. The van der Waals surface area contributed by atoms with E-state index in [4.69, 9.17) is 11.0 Å². The Hall–Kier alpha value is -1.06. The number of nitrogen functional groups attached to an aromatic ring is 1. The van der Waals surface area contributed by atoms with Crippen LogP contribution in [0.5, 0.6) is 0 Å². The van der Waals surface area contributed by atoms with E-state index in [-0.39, 0.29) is 10.6 Å². The van der Waals surface area contributed by atoms with E-state index in [0.717, 1.165) is 0 Å². The number of rotatable bonds is 5. The molecule has 0 heterocycles. The van der Waals surface area contributed by atoms with Crippen molar-refractivity contribution in [2.24, 2.45) is 0 Å². The fourth-order valence-electron chi connectivity index (χ4n) is 1.38. The lowest BCUT2D eigenvalue weighted by molar-refractivity contribution is 0.591. The summed E-state index contributed by atoms with van der Waals surface area (Å²) in [5.41, 5.74) is 6.06. The summed E-state index contributed by atoms with van der Waals surface area (Å²) in [6.45, 7) is 0. The molecule has 92 valence electrons. The summed E-state index contributed by atoms with van der Waals surface area (Å²) in [5.74, 6) is 0.0528. The molecule has 0 unspecified atom stereocenters. The average molecular weight is 317 g/mol. The monoisotopic (exact) mass is 316 g/mol. The normalized spacial score (nSPS) is 11.1. The second-order valence-electron chi connectivity index (χ2n) is 3.62. The van der Waals surface area contributed by atoms with Crippen LogP contribution in [-0.4, -0.2) is 14.2 Å². The third-order valence-electron chi connectivity index (χ3n) is 2.24. The van der Waals surface area contributed by atoms with Crippen molar-refractivity contribution in [2.75, 3.05) is 11.5 Å². The molecule has 1 aromatic rings. The zero-order valence-corrected chi connectivity index (χ0v) is 11.6. The van der Waals surface area contributed by atoms with E-state index < -0.39 is 9.84 Å². The molecule has 17 heavy (non-hydrogen) atoms. The van der Waals surface area contributed by atoms with Gasteiger partial charge in [-0.1, -0.05) is 0 Å². The number of nitrogens with zero attached hydrogens (tertiary/aromatic N) is 1. The second kappa shape index (κ2) is 6.03. The fraction of sp³-hybridized carbons (Fsp3) is 0.364. The summed E-state index contributed by atoms with van der Waals surface area (Å²) in [6.07, 6.45) is 1.48. The molecule has 1 aromatic carbocycles. The molecule has 0 spiro atoms. The number of benzene rings is 1. The van der Waals surface area contributed by atoms with Crippen molar-refractivity contribution in [1.82, 2.24) is 0 Å². The van der Waals surface area contributed by atoms with E-state index in [2.05, 4.69) is 15.9 Å². The first-order valence-electron chi connectivity index (χ1n) is 5.12. The minimum Gasteiger partial charge on any atom is -0.399 e. The highest BCUT2D eigenvalue weighted by Gasteiger charge is 2.17. The lowest BCUT2D eigenvalue weighted by Gasteiger charge is -2.06. The molecule has 4 nitrogen and oxygen atoms in total. The topological polar surface area (TPSA) is 84.0 Å². The first-order chi connectivity index (χ1) is 7.97. The maximum atomic E-state index is 12.0. The van der Waals surface area contributed by atoms with Gasteiger partial charge in [0.1, 0.15) is 0 Å². The Balaban J connectivity index is 2.80. The van der Waals surface area contributed by atoms with Gasteiger partial charge in [-0.3, -0.25) is 0 Å². The van der Waals surface area contributed by atoms with Gasteiger partial charge in [-0.25, -0.2) is 8.42 Å². The van der Waals surface area contributed by atoms with E-state index in [1.54, 1.807) is 12.1 Å². The van der Waals surface area contributed by atoms with Crippen LogP contribution in [0.15, 0.2) is 27.6 Å². The summed E-state index contributed by atoms with van der Waals surface area (Å²) in [5, 5.41) is 8.37. The lowest BCUT2D eigenvalue weighted by Crippen LogP contribution is -2.07. The van der Waals surface area contributed by atoms with Crippen molar-refractivity contribution in [3.63, 3.8) is 0 Å². The standard InChI is InChI=1S/C11H13BrN2O2S/c12-10-8-9(14)4-5-11(10)17(15,16)7-3-1-2-6-13/h4-5,8H,1-3,7,14H2. The van der Waals surface area contributed by atoms with Crippen molar-refractivity contribution >= 4 is 31.5 Å². The van der Waals surface area contributed by atoms with Crippen molar-refractivity contribution in [3.8, 4) is 6.07 Å². The minimum atomic E-state index is -3.30. The van der Waals surface area contributed by atoms with Gasteiger partial charge < -0.3 is 5.73 Å². The molecule has 1 rings (SSSR count). The third-order valence-corrected chi connectivity index (χ3v) is 5.01. The van der Waals surface area contributed by atoms with Crippen LogP contribution in [0.4, 0.5) is 5.69 Å². The second-order valence-corrected chi connectivity index (χ2v) is 6.56. The average Bonchev–Trinajstić information content (AvgIpc) is 2.24. The van der Waals surface area contributed by atoms with Crippen LogP contribution in [0.25, 0.3) is 0 Å². The molecular formula is C11H13BrN2O2S. The Morgan fingerprint density at radius 3 is 2.65 bits per heavy atom. The number of anilines is 1. The lowest BCUT2D eigenvalue weighted by atomic mass is 10.3. The molecule has 0 fully saturated rings. The van der Waals surface area contributed by atoms with Gasteiger partial charge in [0, 0.05) is 16.6 Å². The van der Waals surface area contributed by atoms with Gasteiger partial charge in [0.2, 0.25) is 0 Å². The third kappa shape index (κ3) is 4.02. The molecule has 0 aromatic heterocycles. The highest BCUT2D eigenvalue weighted by molar-refractivity contribution is 9.10. The number of halogens is 1. The number of nitriles is 1. The van der Waals surface area contributed by atoms with Crippen LogP contribution in [-0.2, 0) is 9.84 Å². The van der Waals surface area contributed by atoms with E-state index in [1.165, 1.54) is 6.07 Å². The molecule has 0 bridgehead atoms. The molecule has 0 radical (unpaired) electrons. The van der Waals surface area contributed by atoms with Crippen molar-refractivity contribution in [1.29, 1.82) is 5.26 Å². The van der Waals surface area contributed by atoms with E-state index in [0.29, 0.717) is 29.4 Å². The van der Waals surface area contributed by atoms with Crippen molar-refractivity contribution in [3.05, 3.63) is 22.7 Å². The largest absolute Gasteiger partial charge is 0.399 e. The fourth-order valence-corrected chi connectivity index (χ4v) is 3.95. The van der Waals surface area contributed by atoms with Crippen LogP contribution >= 0.6 is 15.9 Å². The maximum Gasteiger partial charge on any atom is 0.179 e. The Kier molecular flexibility index (Phi) is 4.97. The molecule has 0 atom stereocenters. The van der Waals surface area contributed by atoms with Gasteiger partial charge in [-0.2, -0.15) is 5.26 Å². The molecule has 0 aliphatic rings. The van der Waals surface area contributed by atoms with Gasteiger partial charge in [0.05, 0.1) is 16.7 Å². The van der Waals surface area contributed by atoms with E-state index in [1.807, 2.05) is 6.07 Å². The number of unbranched alkanes of at least 4 members (excludes halogenated alkanes) is 2. The first kappa shape index (κ1) is 14.0. The van der Waals surface area contributed by atoms with Crippen LogP contribution in [0.3, 0.4) is 0 Å². The Morgan fingerprint density at radius 2 is 2.06 bits per heavy atom. The summed E-state index contributed by atoms with van der Waals surface area (Å²) in [6, 6.07) is 6.63. The Morgan fingerprint density at radius 1 is 1.35 bits per heavy atom. The highest BCUT2D eigenvalue weighted by Crippen LogP contribution is 2.25. The van der Waals surface area contributed by atoms with Gasteiger partial charge in [0.15, 0.2) is 9.84 Å². The Bertz CT molecular complexity index is 535. The van der Waals surface area contributed by atoms with Gasteiger partial charge >= 0.3 is 0 Å². The van der Waals surface area contributed by atoms with Gasteiger partial charge in [0.25, 0.3) is 0 Å². The number of nitrogens with two attached hydrogens (primary N) is 1. The smallest absolute Gasteiger partial charge is 0.179 e. The summed E-state index contributed by atoms with van der Waals surface area (Å²) >= 11 is 3.19.